The molecule has 1 aromatic rings. The van der Waals surface area contributed by atoms with Gasteiger partial charge in [0, 0.05) is 24.2 Å². The Hall–Kier alpha value is -0.570. The Kier molecular flexibility index (Phi) is 5.04. The summed E-state index contributed by atoms with van der Waals surface area (Å²) in [6.07, 6.45) is 5.04. The van der Waals surface area contributed by atoms with E-state index in [1.165, 1.54) is 18.4 Å². The molecule has 0 saturated heterocycles. The Morgan fingerprint density at radius 1 is 1.33 bits per heavy atom. The van der Waals surface area contributed by atoms with Gasteiger partial charge in [-0.15, -0.1) is 0 Å². The molecule has 3 heteroatoms. The maximum absolute atomic E-state index is 5.93. The predicted molar refractivity (Wildman–Crippen MR) is 76.1 cm³/mol. The van der Waals surface area contributed by atoms with Crippen LogP contribution in [0, 0.1) is 0 Å². The first-order valence-corrected chi connectivity index (χ1v) is 7.15. The molecule has 1 saturated carbocycles. The molecule has 2 rings (SSSR count). The van der Waals surface area contributed by atoms with E-state index in [9.17, 15) is 0 Å². The fourth-order valence-corrected chi connectivity index (χ4v) is 2.86. The Bertz CT molecular complexity index is 365. The molecule has 2 nitrogen and oxygen atoms in total. The van der Waals surface area contributed by atoms with Gasteiger partial charge in [-0.3, -0.25) is 0 Å². The van der Waals surface area contributed by atoms with Gasteiger partial charge >= 0.3 is 0 Å². The van der Waals surface area contributed by atoms with Gasteiger partial charge in [-0.1, -0.05) is 30.7 Å². The Labute approximate surface area is 115 Å². The van der Waals surface area contributed by atoms with Crippen LogP contribution < -0.4 is 5.32 Å². The molecule has 0 aromatic heterocycles. The standard InChI is InChI=1S/C15H22ClNO/c1-3-15(11-4-6-12(16)7-5-11)17-13-8-9-14(10-13)18-2/h4-7,13-15,17H,3,8-10H2,1-2H3. The zero-order chi connectivity index (χ0) is 13.0. The lowest BCUT2D eigenvalue weighted by atomic mass is 10.0. The SMILES string of the molecule is CCC(NC1CCC(OC)C1)c1ccc(Cl)cc1. The van der Waals surface area contributed by atoms with E-state index in [1.807, 2.05) is 19.2 Å². The van der Waals surface area contributed by atoms with Crippen LogP contribution in [0.25, 0.3) is 0 Å². The molecule has 0 heterocycles. The van der Waals surface area contributed by atoms with Crippen molar-refractivity contribution in [3.8, 4) is 0 Å². The van der Waals surface area contributed by atoms with Gasteiger partial charge in [-0.05, 0) is 43.4 Å². The van der Waals surface area contributed by atoms with Crippen molar-refractivity contribution < 1.29 is 4.74 Å². The molecule has 1 aliphatic rings. The molecule has 1 fully saturated rings. The Balaban J connectivity index is 1.95. The monoisotopic (exact) mass is 267 g/mol. The van der Waals surface area contributed by atoms with Crippen LogP contribution in [0.4, 0.5) is 0 Å². The summed E-state index contributed by atoms with van der Waals surface area (Å²) in [5, 5.41) is 4.54. The van der Waals surface area contributed by atoms with E-state index in [2.05, 4.69) is 24.4 Å². The lowest BCUT2D eigenvalue weighted by molar-refractivity contribution is 0.106. The smallest absolute Gasteiger partial charge is 0.0586 e. The lowest BCUT2D eigenvalue weighted by Crippen LogP contribution is -2.31. The van der Waals surface area contributed by atoms with Gasteiger partial charge in [0.25, 0.3) is 0 Å². The quantitative estimate of drug-likeness (QED) is 0.872. The molecule has 1 N–H and O–H groups in total. The van der Waals surface area contributed by atoms with Crippen molar-refractivity contribution in [2.24, 2.45) is 0 Å². The first-order chi connectivity index (χ1) is 8.72. The van der Waals surface area contributed by atoms with E-state index in [0.29, 0.717) is 18.2 Å². The Morgan fingerprint density at radius 2 is 2.06 bits per heavy atom. The van der Waals surface area contributed by atoms with E-state index < -0.39 is 0 Å². The summed E-state index contributed by atoms with van der Waals surface area (Å²) in [5.41, 5.74) is 1.32. The Morgan fingerprint density at radius 3 is 2.61 bits per heavy atom. The highest BCUT2D eigenvalue weighted by atomic mass is 35.5. The van der Waals surface area contributed by atoms with Crippen LogP contribution >= 0.6 is 11.6 Å². The van der Waals surface area contributed by atoms with Gasteiger partial charge in [0.2, 0.25) is 0 Å². The average molecular weight is 268 g/mol. The zero-order valence-electron chi connectivity index (χ0n) is 11.2. The van der Waals surface area contributed by atoms with Crippen molar-refractivity contribution in [1.29, 1.82) is 0 Å². The van der Waals surface area contributed by atoms with Crippen molar-refractivity contribution >= 4 is 11.6 Å². The van der Waals surface area contributed by atoms with Crippen molar-refractivity contribution in [2.75, 3.05) is 7.11 Å². The second kappa shape index (κ2) is 6.55. The predicted octanol–water partition coefficient (Wildman–Crippen LogP) is 3.95. The number of benzene rings is 1. The van der Waals surface area contributed by atoms with Crippen LogP contribution in [-0.4, -0.2) is 19.3 Å². The minimum absolute atomic E-state index is 0.419. The molecule has 1 aliphatic carbocycles. The van der Waals surface area contributed by atoms with Crippen LogP contribution in [0.5, 0.6) is 0 Å². The van der Waals surface area contributed by atoms with Crippen LogP contribution in [0.15, 0.2) is 24.3 Å². The molecule has 1 aromatic carbocycles. The average Bonchev–Trinajstić information content (AvgIpc) is 2.85. The van der Waals surface area contributed by atoms with Crippen LogP contribution in [0.1, 0.15) is 44.2 Å². The number of hydrogen-bond acceptors (Lipinski definition) is 2. The largest absolute Gasteiger partial charge is 0.381 e. The lowest BCUT2D eigenvalue weighted by Gasteiger charge is -2.22. The van der Waals surface area contributed by atoms with Crippen LogP contribution in [0.3, 0.4) is 0 Å². The molecule has 0 aliphatic heterocycles. The van der Waals surface area contributed by atoms with Crippen LogP contribution in [-0.2, 0) is 4.74 Å². The number of rotatable bonds is 5. The zero-order valence-corrected chi connectivity index (χ0v) is 11.9. The van der Waals surface area contributed by atoms with E-state index in [4.69, 9.17) is 16.3 Å². The van der Waals surface area contributed by atoms with Crippen molar-refractivity contribution in [3.63, 3.8) is 0 Å². The van der Waals surface area contributed by atoms with Crippen LogP contribution in [0.2, 0.25) is 5.02 Å². The van der Waals surface area contributed by atoms with Gasteiger partial charge < -0.3 is 10.1 Å². The first-order valence-electron chi connectivity index (χ1n) is 6.77. The first kappa shape index (κ1) is 13.9. The summed E-state index contributed by atoms with van der Waals surface area (Å²) < 4.78 is 5.42. The molecule has 0 spiro atoms. The molecule has 3 unspecified atom stereocenters. The van der Waals surface area contributed by atoms with Gasteiger partial charge in [0.1, 0.15) is 0 Å². The number of methoxy groups -OCH3 is 1. The summed E-state index contributed by atoms with van der Waals surface area (Å²) in [7, 11) is 1.81. The van der Waals surface area contributed by atoms with Gasteiger partial charge in [0.05, 0.1) is 6.10 Å². The summed E-state index contributed by atoms with van der Waals surface area (Å²) in [6, 6.07) is 9.17. The fourth-order valence-electron chi connectivity index (χ4n) is 2.73. The van der Waals surface area contributed by atoms with Gasteiger partial charge in [0.15, 0.2) is 0 Å². The van der Waals surface area contributed by atoms with Gasteiger partial charge in [-0.2, -0.15) is 0 Å². The molecule has 0 radical (unpaired) electrons. The van der Waals surface area contributed by atoms with E-state index in [0.717, 1.165) is 17.9 Å². The molecule has 3 atom stereocenters. The highest BCUT2D eigenvalue weighted by molar-refractivity contribution is 6.30. The normalized spacial score (nSPS) is 25.3. The molecule has 0 bridgehead atoms. The molecular formula is C15H22ClNO. The second-order valence-corrected chi connectivity index (χ2v) is 5.48. The third kappa shape index (κ3) is 3.47. The van der Waals surface area contributed by atoms with E-state index in [-0.39, 0.29) is 0 Å². The molecular weight excluding hydrogens is 246 g/mol. The fraction of sp³-hybridized carbons (Fsp3) is 0.600. The van der Waals surface area contributed by atoms with E-state index >= 15 is 0 Å². The third-order valence-electron chi connectivity index (χ3n) is 3.84. The minimum Gasteiger partial charge on any atom is -0.381 e. The van der Waals surface area contributed by atoms with Crippen molar-refractivity contribution in [2.45, 2.75) is 50.8 Å². The minimum atomic E-state index is 0.419. The summed E-state index contributed by atoms with van der Waals surface area (Å²) in [6.45, 7) is 2.22. The maximum Gasteiger partial charge on any atom is 0.0586 e. The third-order valence-corrected chi connectivity index (χ3v) is 4.09. The number of halogens is 1. The summed E-state index contributed by atoms with van der Waals surface area (Å²) in [4.78, 5) is 0. The highest BCUT2D eigenvalue weighted by Crippen LogP contribution is 2.26. The number of hydrogen-bond donors (Lipinski definition) is 1. The summed E-state index contributed by atoms with van der Waals surface area (Å²) >= 11 is 5.93. The second-order valence-electron chi connectivity index (χ2n) is 5.05. The molecule has 0 amide bonds. The van der Waals surface area contributed by atoms with Crippen molar-refractivity contribution in [1.82, 2.24) is 5.32 Å². The number of nitrogens with one attached hydrogen (secondary N) is 1. The van der Waals surface area contributed by atoms with Crippen molar-refractivity contribution in [3.05, 3.63) is 34.9 Å². The molecule has 100 valence electrons. The number of ether oxygens (including phenoxy) is 1. The highest BCUT2D eigenvalue weighted by Gasteiger charge is 2.26. The maximum atomic E-state index is 5.93. The van der Waals surface area contributed by atoms with Gasteiger partial charge in [-0.25, -0.2) is 0 Å². The summed E-state index contributed by atoms with van der Waals surface area (Å²) in [5.74, 6) is 0. The van der Waals surface area contributed by atoms with E-state index in [1.54, 1.807) is 0 Å². The molecule has 18 heavy (non-hydrogen) atoms. The topological polar surface area (TPSA) is 21.3 Å².